The van der Waals surface area contributed by atoms with E-state index in [0.717, 1.165) is 25.8 Å². The number of hydrogen-bond acceptors (Lipinski definition) is 3. The van der Waals surface area contributed by atoms with E-state index in [-0.39, 0.29) is 11.5 Å². The van der Waals surface area contributed by atoms with Crippen molar-refractivity contribution in [1.82, 2.24) is 4.90 Å². The Hall–Kier alpha value is -1.06. The first kappa shape index (κ1) is 13.9. The summed E-state index contributed by atoms with van der Waals surface area (Å²) < 4.78 is 0. The van der Waals surface area contributed by atoms with Crippen molar-refractivity contribution in [3.05, 3.63) is 0 Å². The third kappa shape index (κ3) is 6.10. The highest BCUT2D eigenvalue weighted by Crippen LogP contribution is 2.21. The first-order valence-corrected chi connectivity index (χ1v) is 5.44. The Labute approximate surface area is 93.3 Å². The van der Waals surface area contributed by atoms with Crippen molar-refractivity contribution in [3.8, 4) is 12.1 Å². The first-order chi connectivity index (χ1) is 6.93. The molecule has 0 radical (unpaired) electrons. The van der Waals surface area contributed by atoms with Gasteiger partial charge in [-0.2, -0.15) is 10.5 Å². The highest BCUT2D eigenvalue weighted by Gasteiger charge is 2.15. The molecular formula is C12H21N3. The van der Waals surface area contributed by atoms with E-state index in [2.05, 4.69) is 12.1 Å². The summed E-state index contributed by atoms with van der Waals surface area (Å²) in [5.41, 5.74) is -0.209. The maximum Gasteiger partial charge on any atom is 0.0946 e. The molecule has 0 rings (SSSR count). The monoisotopic (exact) mass is 207 g/mol. The number of nitrogens with zero attached hydrogens (tertiary/aromatic N) is 3. The van der Waals surface area contributed by atoms with Gasteiger partial charge in [0.05, 0.1) is 23.6 Å². The van der Waals surface area contributed by atoms with Crippen molar-refractivity contribution < 1.29 is 0 Å². The van der Waals surface area contributed by atoms with Crippen LogP contribution < -0.4 is 0 Å². The standard InChI is InChI=1S/C12H21N3/c1-11(9-13)15(4)8-6-5-7-12(2,3)10-14/h11H,5-8H2,1-4H3. The summed E-state index contributed by atoms with van der Waals surface area (Å²) in [4.78, 5) is 2.04. The average Bonchev–Trinajstić information content (AvgIpc) is 2.22. The third-order valence-corrected chi connectivity index (χ3v) is 2.71. The molecule has 0 N–H and O–H groups in total. The molecule has 0 saturated carbocycles. The van der Waals surface area contributed by atoms with Crippen LogP contribution in [0, 0.1) is 28.1 Å². The molecule has 0 aliphatic rings. The summed E-state index contributed by atoms with van der Waals surface area (Å²) in [5, 5.41) is 17.5. The molecule has 0 fully saturated rings. The Kier molecular flexibility index (Phi) is 5.97. The van der Waals surface area contributed by atoms with E-state index in [1.165, 1.54) is 0 Å². The van der Waals surface area contributed by atoms with Gasteiger partial charge in [0.2, 0.25) is 0 Å². The van der Waals surface area contributed by atoms with Gasteiger partial charge >= 0.3 is 0 Å². The molecule has 0 heterocycles. The minimum absolute atomic E-state index is 0.0195. The van der Waals surface area contributed by atoms with Crippen molar-refractivity contribution in [1.29, 1.82) is 10.5 Å². The zero-order chi connectivity index (χ0) is 11.9. The lowest BCUT2D eigenvalue weighted by Gasteiger charge is -2.20. The SMILES string of the molecule is CC(C#N)N(C)CCCCC(C)(C)C#N. The summed E-state index contributed by atoms with van der Waals surface area (Å²) in [6, 6.07) is 4.48. The Bertz CT molecular complexity index is 257. The van der Waals surface area contributed by atoms with Crippen LogP contribution in [0.2, 0.25) is 0 Å². The molecule has 0 spiro atoms. The molecule has 0 saturated heterocycles. The molecule has 1 unspecified atom stereocenters. The zero-order valence-electron chi connectivity index (χ0n) is 10.2. The van der Waals surface area contributed by atoms with E-state index in [9.17, 15) is 0 Å². The molecule has 0 aromatic rings. The normalized spacial score (nSPS) is 13.3. The van der Waals surface area contributed by atoms with E-state index < -0.39 is 0 Å². The van der Waals surface area contributed by atoms with Gasteiger partial charge in [-0.05, 0) is 47.2 Å². The maximum absolute atomic E-state index is 8.83. The third-order valence-electron chi connectivity index (χ3n) is 2.71. The molecule has 0 aliphatic heterocycles. The summed E-state index contributed by atoms with van der Waals surface area (Å²) in [6.07, 6.45) is 3.02. The van der Waals surface area contributed by atoms with Crippen LogP contribution in [-0.2, 0) is 0 Å². The Morgan fingerprint density at radius 1 is 1.27 bits per heavy atom. The predicted molar refractivity (Wildman–Crippen MR) is 61.0 cm³/mol. The van der Waals surface area contributed by atoms with Gasteiger partial charge < -0.3 is 0 Å². The highest BCUT2D eigenvalue weighted by molar-refractivity contribution is 4.91. The largest absolute Gasteiger partial charge is 0.291 e. The minimum atomic E-state index is -0.209. The number of hydrogen-bond donors (Lipinski definition) is 0. The molecule has 84 valence electrons. The maximum atomic E-state index is 8.83. The lowest BCUT2D eigenvalue weighted by atomic mass is 9.89. The highest BCUT2D eigenvalue weighted by atomic mass is 15.1. The zero-order valence-corrected chi connectivity index (χ0v) is 10.2. The number of unbranched alkanes of at least 4 members (excludes halogenated alkanes) is 1. The van der Waals surface area contributed by atoms with Crippen LogP contribution >= 0.6 is 0 Å². The summed E-state index contributed by atoms with van der Waals surface area (Å²) >= 11 is 0. The molecule has 0 aromatic carbocycles. The molecule has 15 heavy (non-hydrogen) atoms. The van der Waals surface area contributed by atoms with Crippen LogP contribution in [0.3, 0.4) is 0 Å². The molecule has 0 bridgehead atoms. The molecule has 3 nitrogen and oxygen atoms in total. The van der Waals surface area contributed by atoms with Gasteiger partial charge in [0.25, 0.3) is 0 Å². The van der Waals surface area contributed by atoms with Gasteiger partial charge in [-0.3, -0.25) is 4.90 Å². The van der Waals surface area contributed by atoms with Gasteiger partial charge in [-0.1, -0.05) is 6.42 Å². The van der Waals surface area contributed by atoms with Gasteiger partial charge in [0, 0.05) is 0 Å². The molecular weight excluding hydrogens is 186 g/mol. The van der Waals surface area contributed by atoms with E-state index >= 15 is 0 Å². The quantitative estimate of drug-likeness (QED) is 0.629. The van der Waals surface area contributed by atoms with Crippen molar-refractivity contribution in [3.63, 3.8) is 0 Å². The molecule has 1 atom stereocenters. The minimum Gasteiger partial charge on any atom is -0.291 e. The second-order valence-corrected chi connectivity index (χ2v) is 4.74. The van der Waals surface area contributed by atoms with E-state index in [4.69, 9.17) is 10.5 Å². The van der Waals surface area contributed by atoms with Crippen LogP contribution in [0.1, 0.15) is 40.0 Å². The van der Waals surface area contributed by atoms with Crippen molar-refractivity contribution in [2.45, 2.75) is 46.1 Å². The Morgan fingerprint density at radius 2 is 1.87 bits per heavy atom. The second-order valence-electron chi connectivity index (χ2n) is 4.74. The van der Waals surface area contributed by atoms with Crippen molar-refractivity contribution in [2.24, 2.45) is 5.41 Å². The van der Waals surface area contributed by atoms with Gasteiger partial charge in [0.1, 0.15) is 0 Å². The van der Waals surface area contributed by atoms with E-state index in [1.807, 2.05) is 32.7 Å². The summed E-state index contributed by atoms with van der Waals surface area (Å²) in [5.74, 6) is 0. The number of nitriles is 2. The van der Waals surface area contributed by atoms with Crippen molar-refractivity contribution in [2.75, 3.05) is 13.6 Å². The van der Waals surface area contributed by atoms with Gasteiger partial charge in [0.15, 0.2) is 0 Å². The summed E-state index contributed by atoms with van der Waals surface area (Å²) in [6.45, 7) is 6.76. The average molecular weight is 207 g/mol. The fraction of sp³-hybridized carbons (Fsp3) is 0.833. The van der Waals surface area contributed by atoms with Crippen LogP contribution in [0.5, 0.6) is 0 Å². The van der Waals surface area contributed by atoms with Crippen LogP contribution in [-0.4, -0.2) is 24.5 Å². The van der Waals surface area contributed by atoms with Gasteiger partial charge in [-0.15, -0.1) is 0 Å². The number of rotatable bonds is 6. The molecule has 0 amide bonds. The Balaban J connectivity index is 3.66. The van der Waals surface area contributed by atoms with Crippen LogP contribution in [0.4, 0.5) is 0 Å². The summed E-state index contributed by atoms with van der Waals surface area (Å²) in [7, 11) is 1.96. The predicted octanol–water partition coefficient (Wildman–Crippen LogP) is 2.55. The van der Waals surface area contributed by atoms with Gasteiger partial charge in [-0.25, -0.2) is 0 Å². The first-order valence-electron chi connectivity index (χ1n) is 5.44. The topological polar surface area (TPSA) is 50.8 Å². The smallest absolute Gasteiger partial charge is 0.0946 e. The molecule has 0 aliphatic carbocycles. The fourth-order valence-corrected chi connectivity index (χ4v) is 1.28. The molecule has 3 heteroatoms. The van der Waals surface area contributed by atoms with Crippen LogP contribution in [0.15, 0.2) is 0 Å². The lowest BCUT2D eigenvalue weighted by molar-refractivity contribution is 0.287. The van der Waals surface area contributed by atoms with E-state index in [0.29, 0.717) is 0 Å². The van der Waals surface area contributed by atoms with E-state index in [1.54, 1.807) is 0 Å². The van der Waals surface area contributed by atoms with Crippen LogP contribution in [0.25, 0.3) is 0 Å². The lowest BCUT2D eigenvalue weighted by Crippen LogP contribution is -2.28. The van der Waals surface area contributed by atoms with Crippen molar-refractivity contribution >= 4 is 0 Å². The fourth-order valence-electron chi connectivity index (χ4n) is 1.28. The molecule has 0 aromatic heterocycles. The Morgan fingerprint density at radius 3 is 2.33 bits per heavy atom. The second kappa shape index (κ2) is 6.43.